The number of carbonyl (C=O) groups excluding carboxylic acids is 4. The standard InChI is InChI=1S/C18H18N4O5/c1-18(10-19,11-3-4-11)20-14(23)9-21-15(24)16(25)22(17(21)26)12-5-7-13(27-2)8-6-12/h5-8,11H,3-4,9H2,1-2H3,(H,20,23)/t18-/m1/s1. The van der Waals surface area contributed by atoms with E-state index < -0.39 is 35.8 Å². The Hall–Kier alpha value is -3.41. The fourth-order valence-corrected chi connectivity index (χ4v) is 2.96. The summed E-state index contributed by atoms with van der Waals surface area (Å²) in [6, 6.07) is 7.17. The first-order valence-electron chi connectivity index (χ1n) is 8.37. The number of amides is 5. The maximum atomic E-state index is 12.5. The van der Waals surface area contributed by atoms with Crippen LogP contribution in [-0.4, -0.2) is 47.8 Å². The molecule has 9 heteroatoms. The lowest BCUT2D eigenvalue weighted by atomic mass is 9.98. The summed E-state index contributed by atoms with van der Waals surface area (Å²) in [4.78, 5) is 50.5. The Bertz CT molecular complexity index is 855. The highest BCUT2D eigenvalue weighted by Crippen LogP contribution is 2.39. The summed E-state index contributed by atoms with van der Waals surface area (Å²) in [6.07, 6.45) is 1.66. The summed E-state index contributed by atoms with van der Waals surface area (Å²) in [6.45, 7) is 0.977. The van der Waals surface area contributed by atoms with Gasteiger partial charge in [0, 0.05) is 0 Å². The van der Waals surface area contributed by atoms with Gasteiger partial charge in [-0.25, -0.2) is 14.6 Å². The molecule has 1 aromatic rings. The van der Waals surface area contributed by atoms with Crippen LogP contribution in [0.1, 0.15) is 19.8 Å². The second kappa shape index (κ2) is 6.72. The molecule has 1 heterocycles. The first kappa shape index (κ1) is 18.4. The largest absolute Gasteiger partial charge is 0.497 e. The predicted octanol–water partition coefficient (Wildman–Crippen LogP) is 0.799. The highest BCUT2D eigenvalue weighted by atomic mass is 16.5. The van der Waals surface area contributed by atoms with Crippen molar-refractivity contribution in [1.29, 1.82) is 5.26 Å². The van der Waals surface area contributed by atoms with Gasteiger partial charge in [0.1, 0.15) is 17.8 Å². The van der Waals surface area contributed by atoms with Crippen LogP contribution in [0.2, 0.25) is 0 Å². The molecule has 27 heavy (non-hydrogen) atoms. The summed E-state index contributed by atoms with van der Waals surface area (Å²) in [5.74, 6) is -2.22. The van der Waals surface area contributed by atoms with Crippen molar-refractivity contribution >= 4 is 29.4 Å². The average Bonchev–Trinajstić information content (AvgIpc) is 3.49. The number of hydrogen-bond donors (Lipinski definition) is 1. The first-order valence-corrected chi connectivity index (χ1v) is 8.37. The third kappa shape index (κ3) is 3.33. The Morgan fingerprint density at radius 2 is 1.89 bits per heavy atom. The molecular weight excluding hydrogens is 352 g/mol. The molecule has 1 aliphatic heterocycles. The van der Waals surface area contributed by atoms with Gasteiger partial charge in [-0.1, -0.05) is 0 Å². The summed E-state index contributed by atoms with van der Waals surface area (Å²) in [5.41, 5.74) is -0.857. The number of benzene rings is 1. The number of rotatable bonds is 6. The topological polar surface area (TPSA) is 120 Å². The van der Waals surface area contributed by atoms with E-state index in [0.29, 0.717) is 15.5 Å². The van der Waals surface area contributed by atoms with E-state index in [1.54, 1.807) is 19.1 Å². The highest BCUT2D eigenvalue weighted by Gasteiger charge is 2.48. The summed E-state index contributed by atoms with van der Waals surface area (Å²) < 4.78 is 5.02. The molecule has 1 aromatic carbocycles. The number of urea groups is 1. The molecule has 3 rings (SSSR count). The molecule has 1 aliphatic carbocycles. The Balaban J connectivity index is 1.73. The van der Waals surface area contributed by atoms with Crippen LogP contribution < -0.4 is 15.0 Å². The van der Waals surface area contributed by atoms with Crippen LogP contribution >= 0.6 is 0 Å². The summed E-state index contributed by atoms with van der Waals surface area (Å²) in [7, 11) is 1.47. The summed E-state index contributed by atoms with van der Waals surface area (Å²) >= 11 is 0. The van der Waals surface area contributed by atoms with Gasteiger partial charge in [-0.3, -0.25) is 14.4 Å². The van der Waals surface area contributed by atoms with Crippen molar-refractivity contribution in [3.63, 3.8) is 0 Å². The van der Waals surface area contributed by atoms with Crippen LogP contribution in [0.5, 0.6) is 5.75 Å². The minimum Gasteiger partial charge on any atom is -0.497 e. The molecule has 2 aliphatic rings. The van der Waals surface area contributed by atoms with E-state index in [0.717, 1.165) is 12.8 Å². The fourth-order valence-electron chi connectivity index (χ4n) is 2.96. The molecule has 0 unspecified atom stereocenters. The lowest BCUT2D eigenvalue weighted by Gasteiger charge is -2.24. The molecule has 1 saturated carbocycles. The molecule has 1 atom stereocenters. The quantitative estimate of drug-likeness (QED) is 0.584. The Morgan fingerprint density at radius 1 is 1.26 bits per heavy atom. The smallest absolute Gasteiger partial charge is 0.339 e. The van der Waals surface area contributed by atoms with Crippen molar-refractivity contribution in [2.75, 3.05) is 18.6 Å². The van der Waals surface area contributed by atoms with Crippen LogP contribution in [0.4, 0.5) is 10.5 Å². The van der Waals surface area contributed by atoms with Crippen LogP contribution in [0.3, 0.4) is 0 Å². The molecular formula is C18H18N4O5. The number of imide groups is 2. The zero-order valence-electron chi connectivity index (χ0n) is 14.9. The fraction of sp³-hybridized carbons (Fsp3) is 0.389. The van der Waals surface area contributed by atoms with Gasteiger partial charge in [-0.15, -0.1) is 0 Å². The maximum absolute atomic E-state index is 12.5. The van der Waals surface area contributed by atoms with Gasteiger partial charge in [0.05, 0.1) is 18.9 Å². The number of nitrogens with zero attached hydrogens (tertiary/aromatic N) is 3. The van der Waals surface area contributed by atoms with E-state index in [1.807, 2.05) is 0 Å². The third-order valence-electron chi connectivity index (χ3n) is 4.71. The van der Waals surface area contributed by atoms with E-state index in [4.69, 9.17) is 4.74 Å². The number of ether oxygens (including phenoxy) is 1. The Labute approximate surface area is 155 Å². The second-order valence-corrected chi connectivity index (χ2v) is 6.65. The zero-order chi connectivity index (χ0) is 19.8. The first-order chi connectivity index (χ1) is 12.8. The molecule has 9 nitrogen and oxygen atoms in total. The number of anilines is 1. The molecule has 0 bridgehead atoms. The van der Waals surface area contributed by atoms with E-state index in [2.05, 4.69) is 11.4 Å². The minimum atomic E-state index is -1.09. The van der Waals surface area contributed by atoms with Crippen LogP contribution in [0.15, 0.2) is 24.3 Å². The van der Waals surface area contributed by atoms with E-state index in [1.165, 1.54) is 19.2 Å². The molecule has 5 amide bonds. The van der Waals surface area contributed by atoms with Crippen molar-refractivity contribution < 1.29 is 23.9 Å². The molecule has 0 spiro atoms. The number of nitrogens with one attached hydrogen (secondary N) is 1. The van der Waals surface area contributed by atoms with Gasteiger partial charge in [0.2, 0.25) is 5.91 Å². The number of methoxy groups -OCH3 is 1. The minimum absolute atomic E-state index is 0.0499. The van der Waals surface area contributed by atoms with Crippen LogP contribution in [0.25, 0.3) is 0 Å². The maximum Gasteiger partial charge on any atom is 0.339 e. The van der Waals surface area contributed by atoms with Gasteiger partial charge in [-0.2, -0.15) is 5.26 Å². The van der Waals surface area contributed by atoms with Crippen LogP contribution in [0, 0.1) is 17.2 Å². The lowest BCUT2D eigenvalue weighted by Crippen LogP contribution is -2.51. The van der Waals surface area contributed by atoms with Crippen molar-refractivity contribution in [2.24, 2.45) is 5.92 Å². The molecule has 2 fully saturated rings. The summed E-state index contributed by atoms with van der Waals surface area (Å²) in [5, 5.41) is 11.9. The van der Waals surface area contributed by atoms with Gasteiger partial charge in [0.15, 0.2) is 0 Å². The molecule has 140 valence electrons. The van der Waals surface area contributed by atoms with Crippen molar-refractivity contribution in [1.82, 2.24) is 10.2 Å². The Kier molecular flexibility index (Phi) is 4.57. The highest BCUT2D eigenvalue weighted by molar-refractivity contribution is 6.53. The third-order valence-corrected chi connectivity index (χ3v) is 4.71. The monoisotopic (exact) mass is 370 g/mol. The lowest BCUT2D eigenvalue weighted by molar-refractivity contribution is -0.140. The molecule has 0 radical (unpaired) electrons. The Morgan fingerprint density at radius 3 is 2.41 bits per heavy atom. The zero-order valence-corrected chi connectivity index (χ0v) is 14.9. The van der Waals surface area contributed by atoms with Gasteiger partial charge in [-0.05, 0) is 49.9 Å². The number of carbonyl (C=O) groups is 4. The van der Waals surface area contributed by atoms with E-state index in [9.17, 15) is 24.4 Å². The van der Waals surface area contributed by atoms with E-state index >= 15 is 0 Å². The van der Waals surface area contributed by atoms with Crippen molar-refractivity contribution in [3.05, 3.63) is 24.3 Å². The molecule has 0 aromatic heterocycles. The van der Waals surface area contributed by atoms with Crippen LogP contribution in [-0.2, 0) is 14.4 Å². The van der Waals surface area contributed by atoms with Gasteiger partial charge < -0.3 is 10.1 Å². The average molecular weight is 370 g/mol. The van der Waals surface area contributed by atoms with Gasteiger partial charge >= 0.3 is 17.8 Å². The van der Waals surface area contributed by atoms with Crippen molar-refractivity contribution in [2.45, 2.75) is 25.3 Å². The SMILES string of the molecule is COc1ccc(N2C(=O)C(=O)N(CC(=O)N[C@](C)(C#N)C3CC3)C2=O)cc1. The normalized spacial score (nSPS) is 18.9. The second-order valence-electron chi connectivity index (χ2n) is 6.65. The molecule has 1 saturated heterocycles. The number of nitriles is 1. The van der Waals surface area contributed by atoms with Gasteiger partial charge in [0.25, 0.3) is 0 Å². The van der Waals surface area contributed by atoms with E-state index in [-0.39, 0.29) is 11.6 Å². The predicted molar refractivity (Wildman–Crippen MR) is 92.5 cm³/mol. The molecule has 1 N–H and O–H groups in total. The number of hydrogen-bond acceptors (Lipinski definition) is 6. The van der Waals surface area contributed by atoms with Crippen molar-refractivity contribution in [3.8, 4) is 11.8 Å².